The van der Waals surface area contributed by atoms with Crippen LogP contribution in [0.15, 0.2) is 42.5 Å². The Morgan fingerprint density at radius 2 is 1.83 bits per heavy atom. The average molecular weight is 350 g/mol. The van der Waals surface area contributed by atoms with Crippen molar-refractivity contribution in [2.45, 2.75) is 5.75 Å². The molecule has 8 heteroatoms. The second kappa shape index (κ2) is 7.33. The third-order valence-electron chi connectivity index (χ3n) is 3.20. The Bertz CT molecular complexity index is 849. The number of hydrogen-bond donors (Lipinski definition) is 2. The van der Waals surface area contributed by atoms with Gasteiger partial charge in [0.25, 0.3) is 5.91 Å². The van der Waals surface area contributed by atoms with E-state index in [1.807, 2.05) is 0 Å². The van der Waals surface area contributed by atoms with Gasteiger partial charge in [0, 0.05) is 5.69 Å². The van der Waals surface area contributed by atoms with Crippen molar-refractivity contribution in [3.63, 3.8) is 0 Å². The molecule has 0 aliphatic carbocycles. The van der Waals surface area contributed by atoms with Gasteiger partial charge >= 0.3 is 0 Å². The van der Waals surface area contributed by atoms with Crippen LogP contribution < -0.4 is 19.9 Å². The first-order valence-electron chi connectivity index (χ1n) is 6.96. The number of methoxy groups -OCH3 is 2. The lowest BCUT2D eigenvalue weighted by Crippen LogP contribution is -2.16. The van der Waals surface area contributed by atoms with Gasteiger partial charge in [-0.1, -0.05) is 18.2 Å². The van der Waals surface area contributed by atoms with E-state index >= 15 is 0 Å². The van der Waals surface area contributed by atoms with Gasteiger partial charge in [-0.2, -0.15) is 0 Å². The summed E-state index contributed by atoms with van der Waals surface area (Å²) in [5.41, 5.74) is 1.23. The molecule has 7 nitrogen and oxygen atoms in total. The minimum absolute atomic E-state index is 0.300. The summed E-state index contributed by atoms with van der Waals surface area (Å²) in [6.45, 7) is 0. The molecule has 0 radical (unpaired) electrons. The van der Waals surface area contributed by atoms with Crippen molar-refractivity contribution in [2.24, 2.45) is 5.14 Å². The molecular formula is C16H18N2O5S. The van der Waals surface area contributed by atoms with Crippen LogP contribution in [0.1, 0.15) is 15.9 Å². The maximum atomic E-state index is 12.5. The average Bonchev–Trinajstić information content (AvgIpc) is 2.52. The van der Waals surface area contributed by atoms with E-state index < -0.39 is 15.9 Å². The SMILES string of the molecule is COc1cccc(C(=O)Nc2cccc(CS(N)(=O)=O)c2)c1OC. The minimum Gasteiger partial charge on any atom is -0.493 e. The van der Waals surface area contributed by atoms with Crippen molar-refractivity contribution < 1.29 is 22.7 Å². The van der Waals surface area contributed by atoms with Crippen LogP contribution in [-0.4, -0.2) is 28.5 Å². The monoisotopic (exact) mass is 350 g/mol. The van der Waals surface area contributed by atoms with Crippen LogP contribution in [0.5, 0.6) is 11.5 Å². The summed E-state index contributed by atoms with van der Waals surface area (Å²) >= 11 is 0. The Kier molecular flexibility index (Phi) is 5.42. The zero-order chi connectivity index (χ0) is 17.7. The molecule has 1 amide bonds. The normalized spacial score (nSPS) is 11.0. The number of para-hydroxylation sites is 1. The van der Waals surface area contributed by atoms with Crippen LogP contribution in [-0.2, 0) is 15.8 Å². The molecule has 0 saturated carbocycles. The number of ether oxygens (including phenoxy) is 2. The van der Waals surface area contributed by atoms with Crippen LogP contribution in [0, 0.1) is 0 Å². The number of benzene rings is 2. The van der Waals surface area contributed by atoms with Gasteiger partial charge in [0.1, 0.15) is 0 Å². The summed E-state index contributed by atoms with van der Waals surface area (Å²) in [4.78, 5) is 12.5. The Morgan fingerprint density at radius 3 is 2.46 bits per heavy atom. The van der Waals surface area contributed by atoms with Crippen molar-refractivity contribution in [1.29, 1.82) is 0 Å². The molecule has 24 heavy (non-hydrogen) atoms. The lowest BCUT2D eigenvalue weighted by atomic mass is 10.1. The van der Waals surface area contributed by atoms with Crippen LogP contribution in [0.4, 0.5) is 5.69 Å². The standard InChI is InChI=1S/C16H18N2O5S/c1-22-14-8-4-7-13(15(14)23-2)16(19)18-12-6-3-5-11(9-12)10-24(17,20)21/h3-9H,10H2,1-2H3,(H,18,19)(H2,17,20,21). The van der Waals surface area contributed by atoms with Crippen LogP contribution >= 0.6 is 0 Å². The quantitative estimate of drug-likeness (QED) is 0.825. The van der Waals surface area contributed by atoms with Crippen LogP contribution in [0.2, 0.25) is 0 Å². The number of carbonyl (C=O) groups is 1. The van der Waals surface area contributed by atoms with Gasteiger partial charge in [-0.3, -0.25) is 4.79 Å². The molecule has 0 heterocycles. The molecule has 0 spiro atoms. The van der Waals surface area contributed by atoms with E-state index in [4.69, 9.17) is 14.6 Å². The molecule has 2 aromatic carbocycles. The highest BCUT2D eigenvalue weighted by Crippen LogP contribution is 2.31. The van der Waals surface area contributed by atoms with Gasteiger partial charge in [-0.05, 0) is 29.8 Å². The molecule has 0 unspecified atom stereocenters. The van der Waals surface area contributed by atoms with E-state index in [1.54, 1.807) is 42.5 Å². The molecule has 3 N–H and O–H groups in total. The summed E-state index contributed by atoms with van der Waals surface area (Å²) < 4.78 is 32.7. The number of rotatable bonds is 6. The van der Waals surface area contributed by atoms with E-state index in [0.29, 0.717) is 28.3 Å². The van der Waals surface area contributed by atoms with Gasteiger partial charge in [-0.15, -0.1) is 0 Å². The van der Waals surface area contributed by atoms with Gasteiger partial charge < -0.3 is 14.8 Å². The van der Waals surface area contributed by atoms with Crippen molar-refractivity contribution in [2.75, 3.05) is 19.5 Å². The first-order chi connectivity index (χ1) is 11.3. The highest BCUT2D eigenvalue weighted by molar-refractivity contribution is 7.88. The fraction of sp³-hybridized carbons (Fsp3) is 0.188. The van der Waals surface area contributed by atoms with Gasteiger partial charge in [0.05, 0.1) is 25.5 Å². The summed E-state index contributed by atoms with van der Waals surface area (Å²) in [6.07, 6.45) is 0. The first kappa shape index (κ1) is 17.8. The second-order valence-electron chi connectivity index (χ2n) is 5.00. The van der Waals surface area contributed by atoms with Gasteiger partial charge in [-0.25, -0.2) is 13.6 Å². The largest absolute Gasteiger partial charge is 0.493 e. The number of carbonyl (C=O) groups excluding carboxylic acids is 1. The molecule has 0 aromatic heterocycles. The van der Waals surface area contributed by atoms with Crippen LogP contribution in [0.25, 0.3) is 0 Å². The fourth-order valence-corrected chi connectivity index (χ4v) is 2.88. The Balaban J connectivity index is 2.26. The zero-order valence-electron chi connectivity index (χ0n) is 13.3. The Labute approximate surface area is 140 Å². The third-order valence-corrected chi connectivity index (χ3v) is 3.94. The number of anilines is 1. The molecule has 0 atom stereocenters. The Hall–Kier alpha value is -2.58. The summed E-state index contributed by atoms with van der Waals surface area (Å²) in [5, 5.41) is 7.73. The van der Waals surface area contributed by atoms with Gasteiger partial charge in [0.15, 0.2) is 11.5 Å². The van der Waals surface area contributed by atoms with Crippen LogP contribution in [0.3, 0.4) is 0 Å². The molecule has 0 aliphatic rings. The number of primary sulfonamides is 1. The first-order valence-corrected chi connectivity index (χ1v) is 8.67. The number of amides is 1. The van der Waals surface area contributed by atoms with Crippen molar-refractivity contribution >= 4 is 21.6 Å². The van der Waals surface area contributed by atoms with E-state index in [0.717, 1.165) is 0 Å². The molecule has 0 bridgehead atoms. The smallest absolute Gasteiger partial charge is 0.259 e. The highest BCUT2D eigenvalue weighted by Gasteiger charge is 2.16. The molecule has 2 aromatic rings. The molecule has 128 valence electrons. The van der Waals surface area contributed by atoms with E-state index in [1.165, 1.54) is 14.2 Å². The number of hydrogen-bond acceptors (Lipinski definition) is 5. The lowest BCUT2D eigenvalue weighted by molar-refractivity contribution is 0.102. The van der Waals surface area contributed by atoms with Crippen molar-refractivity contribution in [3.05, 3.63) is 53.6 Å². The molecule has 0 aliphatic heterocycles. The fourth-order valence-electron chi connectivity index (χ4n) is 2.24. The van der Waals surface area contributed by atoms with Gasteiger partial charge in [0.2, 0.25) is 10.0 Å². The number of nitrogens with two attached hydrogens (primary N) is 1. The second-order valence-corrected chi connectivity index (χ2v) is 6.62. The third kappa shape index (κ3) is 4.46. The summed E-state index contributed by atoms with van der Waals surface area (Å²) in [5.74, 6) is 0.0453. The minimum atomic E-state index is -3.64. The predicted octanol–water partition coefficient (Wildman–Crippen LogP) is 1.74. The molecular weight excluding hydrogens is 332 g/mol. The zero-order valence-corrected chi connectivity index (χ0v) is 14.1. The van der Waals surface area contributed by atoms with E-state index in [9.17, 15) is 13.2 Å². The molecule has 0 fully saturated rings. The van der Waals surface area contributed by atoms with Crippen molar-refractivity contribution in [3.8, 4) is 11.5 Å². The molecule has 2 rings (SSSR count). The molecule has 0 saturated heterocycles. The highest BCUT2D eigenvalue weighted by atomic mass is 32.2. The van der Waals surface area contributed by atoms with Crippen molar-refractivity contribution in [1.82, 2.24) is 0 Å². The van der Waals surface area contributed by atoms with E-state index in [2.05, 4.69) is 5.32 Å². The number of sulfonamides is 1. The summed E-state index contributed by atoms with van der Waals surface area (Å²) in [6, 6.07) is 11.4. The maximum Gasteiger partial charge on any atom is 0.259 e. The lowest BCUT2D eigenvalue weighted by Gasteiger charge is -2.13. The summed E-state index contributed by atoms with van der Waals surface area (Å²) in [7, 11) is -0.715. The predicted molar refractivity (Wildman–Crippen MR) is 90.8 cm³/mol. The number of nitrogens with one attached hydrogen (secondary N) is 1. The topological polar surface area (TPSA) is 108 Å². The van der Waals surface area contributed by atoms with E-state index in [-0.39, 0.29) is 5.75 Å². The maximum absolute atomic E-state index is 12.5. The Morgan fingerprint density at radius 1 is 1.12 bits per heavy atom.